The van der Waals surface area contributed by atoms with Crippen molar-refractivity contribution in [3.05, 3.63) is 41.2 Å². The maximum atomic E-state index is 13.0. The summed E-state index contributed by atoms with van der Waals surface area (Å²) >= 11 is 0. The average Bonchev–Trinajstić information content (AvgIpc) is 2.94. The average molecular weight is 362 g/mol. The Morgan fingerprint density at radius 1 is 1.08 bits per heavy atom. The SMILES string of the molecule is Cc1n[nH]c(C)c1S(=O)(=O)N1CCN(c2ccccc2C(C)C)CC1. The quantitative estimate of drug-likeness (QED) is 0.908. The molecule has 0 unspecified atom stereocenters. The van der Waals surface area contributed by atoms with Gasteiger partial charge in [-0.15, -0.1) is 0 Å². The van der Waals surface area contributed by atoms with E-state index in [0.29, 0.717) is 48.4 Å². The molecule has 0 spiro atoms. The van der Waals surface area contributed by atoms with Crippen LogP contribution in [0.25, 0.3) is 0 Å². The molecule has 2 heterocycles. The number of aromatic nitrogens is 2. The minimum atomic E-state index is -3.50. The highest BCUT2D eigenvalue weighted by molar-refractivity contribution is 7.89. The van der Waals surface area contributed by atoms with Crippen LogP contribution in [-0.4, -0.2) is 49.1 Å². The summed E-state index contributed by atoms with van der Waals surface area (Å²) in [5, 5.41) is 6.80. The number of piperazine rings is 1. The van der Waals surface area contributed by atoms with Crippen LogP contribution >= 0.6 is 0 Å². The molecule has 1 N–H and O–H groups in total. The summed E-state index contributed by atoms with van der Waals surface area (Å²) < 4.78 is 27.5. The van der Waals surface area contributed by atoms with Gasteiger partial charge in [0.15, 0.2) is 0 Å². The van der Waals surface area contributed by atoms with E-state index in [2.05, 4.69) is 47.1 Å². The van der Waals surface area contributed by atoms with Crippen molar-refractivity contribution in [1.29, 1.82) is 0 Å². The molecule has 0 atom stereocenters. The number of aromatic amines is 1. The normalized spacial score (nSPS) is 16.6. The van der Waals surface area contributed by atoms with Gasteiger partial charge in [0, 0.05) is 31.9 Å². The molecule has 1 fully saturated rings. The lowest BCUT2D eigenvalue weighted by molar-refractivity contribution is 0.384. The standard InChI is InChI=1S/C18H26N4O2S/c1-13(2)16-7-5-6-8-17(16)21-9-11-22(12-10-21)25(23,24)18-14(3)19-20-15(18)4/h5-8,13H,9-12H2,1-4H3,(H,19,20). The molecule has 6 nitrogen and oxygen atoms in total. The summed E-state index contributed by atoms with van der Waals surface area (Å²) in [6, 6.07) is 8.39. The lowest BCUT2D eigenvalue weighted by atomic mass is 10.00. The van der Waals surface area contributed by atoms with Gasteiger partial charge in [-0.3, -0.25) is 5.10 Å². The molecular formula is C18H26N4O2S. The van der Waals surface area contributed by atoms with Crippen molar-refractivity contribution < 1.29 is 8.42 Å². The number of H-pyrrole nitrogens is 1. The number of anilines is 1. The summed E-state index contributed by atoms with van der Waals surface area (Å²) in [4.78, 5) is 2.61. The Hall–Kier alpha value is -1.86. The van der Waals surface area contributed by atoms with E-state index in [1.807, 2.05) is 6.07 Å². The molecule has 1 saturated heterocycles. The monoisotopic (exact) mass is 362 g/mol. The van der Waals surface area contributed by atoms with Crippen LogP contribution in [0.2, 0.25) is 0 Å². The minimum absolute atomic E-state index is 0.323. The highest BCUT2D eigenvalue weighted by Gasteiger charge is 2.32. The van der Waals surface area contributed by atoms with E-state index in [-0.39, 0.29) is 0 Å². The van der Waals surface area contributed by atoms with Crippen molar-refractivity contribution in [2.24, 2.45) is 0 Å². The molecule has 1 aromatic carbocycles. The van der Waals surface area contributed by atoms with Crippen molar-refractivity contribution in [3.63, 3.8) is 0 Å². The van der Waals surface area contributed by atoms with Crippen LogP contribution in [0, 0.1) is 13.8 Å². The molecule has 0 saturated carbocycles. The van der Waals surface area contributed by atoms with E-state index >= 15 is 0 Å². The van der Waals surface area contributed by atoms with Crippen LogP contribution in [0.3, 0.4) is 0 Å². The van der Waals surface area contributed by atoms with Gasteiger partial charge in [0.1, 0.15) is 4.90 Å². The predicted octanol–water partition coefficient (Wildman–Crippen LogP) is 2.66. The maximum Gasteiger partial charge on any atom is 0.246 e. The van der Waals surface area contributed by atoms with Crippen molar-refractivity contribution in [2.75, 3.05) is 31.1 Å². The zero-order valence-electron chi connectivity index (χ0n) is 15.3. The maximum absolute atomic E-state index is 13.0. The molecule has 25 heavy (non-hydrogen) atoms. The lowest BCUT2D eigenvalue weighted by Crippen LogP contribution is -2.49. The second-order valence-electron chi connectivity index (χ2n) is 6.87. The third-order valence-electron chi connectivity index (χ3n) is 4.80. The Labute approximate surface area is 149 Å². The summed E-state index contributed by atoms with van der Waals surface area (Å²) in [6.07, 6.45) is 0. The summed E-state index contributed by atoms with van der Waals surface area (Å²) in [7, 11) is -3.50. The largest absolute Gasteiger partial charge is 0.369 e. The number of nitrogens with one attached hydrogen (secondary N) is 1. The van der Waals surface area contributed by atoms with Gasteiger partial charge >= 0.3 is 0 Å². The fourth-order valence-corrected chi connectivity index (χ4v) is 5.24. The van der Waals surface area contributed by atoms with E-state index in [4.69, 9.17) is 0 Å². The van der Waals surface area contributed by atoms with Crippen molar-refractivity contribution in [3.8, 4) is 0 Å². The third-order valence-corrected chi connectivity index (χ3v) is 6.96. The zero-order chi connectivity index (χ0) is 18.2. The molecule has 0 amide bonds. The van der Waals surface area contributed by atoms with Crippen molar-refractivity contribution in [1.82, 2.24) is 14.5 Å². The Morgan fingerprint density at radius 3 is 2.28 bits per heavy atom. The van der Waals surface area contributed by atoms with E-state index in [1.165, 1.54) is 11.3 Å². The number of rotatable bonds is 4. The van der Waals surface area contributed by atoms with Crippen LogP contribution in [0.4, 0.5) is 5.69 Å². The van der Waals surface area contributed by atoms with E-state index in [0.717, 1.165) is 0 Å². The molecule has 2 aromatic rings. The Balaban J connectivity index is 1.79. The zero-order valence-corrected chi connectivity index (χ0v) is 16.1. The number of benzene rings is 1. The molecule has 7 heteroatoms. The fraction of sp³-hybridized carbons (Fsp3) is 0.500. The number of para-hydroxylation sites is 1. The molecule has 1 aliphatic rings. The molecule has 3 rings (SSSR count). The van der Waals surface area contributed by atoms with E-state index < -0.39 is 10.0 Å². The highest BCUT2D eigenvalue weighted by atomic mass is 32.2. The molecule has 0 radical (unpaired) electrons. The molecule has 1 aromatic heterocycles. The van der Waals surface area contributed by atoms with Gasteiger partial charge in [-0.2, -0.15) is 9.40 Å². The van der Waals surface area contributed by atoms with Crippen LogP contribution in [0.1, 0.15) is 36.7 Å². The Kier molecular flexibility index (Phi) is 4.88. The topological polar surface area (TPSA) is 69.3 Å². The van der Waals surface area contributed by atoms with Gasteiger partial charge in [-0.05, 0) is 31.4 Å². The van der Waals surface area contributed by atoms with Gasteiger partial charge in [0.2, 0.25) is 10.0 Å². The number of hydrogen-bond donors (Lipinski definition) is 1. The number of sulfonamides is 1. The summed E-state index contributed by atoms with van der Waals surface area (Å²) in [5.41, 5.74) is 3.65. The number of nitrogens with zero attached hydrogens (tertiary/aromatic N) is 3. The van der Waals surface area contributed by atoms with Gasteiger partial charge in [0.05, 0.1) is 11.4 Å². The first-order chi connectivity index (χ1) is 11.8. The van der Waals surface area contributed by atoms with Crippen LogP contribution in [-0.2, 0) is 10.0 Å². The smallest absolute Gasteiger partial charge is 0.246 e. The van der Waals surface area contributed by atoms with Crippen LogP contribution in [0.5, 0.6) is 0 Å². The number of hydrogen-bond acceptors (Lipinski definition) is 4. The van der Waals surface area contributed by atoms with Crippen molar-refractivity contribution >= 4 is 15.7 Å². The molecular weight excluding hydrogens is 336 g/mol. The second kappa shape index (κ2) is 6.80. The lowest BCUT2D eigenvalue weighted by Gasteiger charge is -2.36. The Bertz CT molecular complexity index is 830. The second-order valence-corrected chi connectivity index (χ2v) is 8.74. The first-order valence-electron chi connectivity index (χ1n) is 8.68. The minimum Gasteiger partial charge on any atom is -0.369 e. The van der Waals surface area contributed by atoms with E-state index in [9.17, 15) is 8.42 Å². The first-order valence-corrected chi connectivity index (χ1v) is 10.1. The van der Waals surface area contributed by atoms with Crippen molar-refractivity contribution in [2.45, 2.75) is 38.5 Å². The highest BCUT2D eigenvalue weighted by Crippen LogP contribution is 2.29. The first kappa shape index (κ1) is 17.9. The van der Waals surface area contributed by atoms with Gasteiger partial charge in [-0.25, -0.2) is 8.42 Å². The van der Waals surface area contributed by atoms with Crippen LogP contribution < -0.4 is 4.90 Å². The van der Waals surface area contributed by atoms with Gasteiger partial charge < -0.3 is 4.90 Å². The Morgan fingerprint density at radius 2 is 1.72 bits per heavy atom. The van der Waals surface area contributed by atoms with Crippen LogP contribution in [0.15, 0.2) is 29.2 Å². The third kappa shape index (κ3) is 3.30. The molecule has 136 valence electrons. The summed E-state index contributed by atoms with van der Waals surface area (Å²) in [6.45, 7) is 10.2. The molecule has 1 aliphatic heterocycles. The summed E-state index contributed by atoms with van der Waals surface area (Å²) in [5.74, 6) is 0.439. The molecule has 0 aliphatic carbocycles. The number of aryl methyl sites for hydroxylation is 2. The predicted molar refractivity (Wildman–Crippen MR) is 99.6 cm³/mol. The van der Waals surface area contributed by atoms with E-state index in [1.54, 1.807) is 18.2 Å². The fourth-order valence-electron chi connectivity index (χ4n) is 3.48. The van der Waals surface area contributed by atoms with Gasteiger partial charge in [0.25, 0.3) is 0 Å². The van der Waals surface area contributed by atoms with Gasteiger partial charge in [-0.1, -0.05) is 32.0 Å². The molecule has 0 bridgehead atoms.